The Morgan fingerprint density at radius 1 is 1.06 bits per heavy atom. The van der Waals surface area contributed by atoms with Crippen LogP contribution in [0.15, 0.2) is 42.5 Å². The van der Waals surface area contributed by atoms with Crippen LogP contribution in [0.3, 0.4) is 0 Å². The number of nitrogens with one attached hydrogen (secondary N) is 2. The highest BCUT2D eigenvalue weighted by molar-refractivity contribution is 6.00. The number of aromatic hydroxyl groups is 1. The van der Waals surface area contributed by atoms with Gasteiger partial charge in [-0.05, 0) is 83.2 Å². The first-order chi connectivity index (χ1) is 16.4. The smallest absolute Gasteiger partial charge is 0.408 e. The molecule has 0 bridgehead atoms. The molecule has 3 amide bonds. The van der Waals surface area contributed by atoms with Crippen molar-refractivity contribution in [1.82, 2.24) is 10.2 Å². The van der Waals surface area contributed by atoms with Crippen LogP contribution >= 0.6 is 0 Å². The minimum atomic E-state index is -0.996. The number of para-hydroxylation sites is 1. The van der Waals surface area contributed by atoms with Gasteiger partial charge in [0, 0.05) is 11.7 Å². The Hall–Kier alpha value is -3.55. The number of alkyl carbamates (subject to hydrolysis) is 1. The lowest BCUT2D eigenvalue weighted by Crippen LogP contribution is -2.52. The van der Waals surface area contributed by atoms with Crippen LogP contribution in [-0.2, 0) is 14.3 Å². The first kappa shape index (κ1) is 26.1. The number of amides is 3. The van der Waals surface area contributed by atoms with E-state index in [2.05, 4.69) is 10.6 Å². The number of carbonyl (C=O) groups excluding carboxylic acids is 3. The Labute approximate surface area is 206 Å². The van der Waals surface area contributed by atoms with Crippen LogP contribution in [0.4, 0.5) is 10.5 Å². The summed E-state index contributed by atoms with van der Waals surface area (Å²) in [6, 6.07) is 10.0. The minimum absolute atomic E-state index is 0.00417. The van der Waals surface area contributed by atoms with Gasteiger partial charge in [0.2, 0.25) is 5.91 Å². The van der Waals surface area contributed by atoms with E-state index in [1.165, 1.54) is 17.0 Å². The van der Waals surface area contributed by atoms with E-state index >= 15 is 0 Å². The summed E-state index contributed by atoms with van der Waals surface area (Å²) in [6.45, 7) is 10.6. The quantitative estimate of drug-likeness (QED) is 0.536. The van der Waals surface area contributed by atoms with Crippen LogP contribution in [0.25, 0.3) is 0 Å². The fourth-order valence-corrected chi connectivity index (χ4v) is 3.98. The molecule has 1 saturated carbocycles. The Bertz CT molecular complexity index is 1080. The molecule has 0 spiro atoms. The molecule has 8 heteroatoms. The van der Waals surface area contributed by atoms with Crippen LogP contribution < -0.4 is 10.6 Å². The summed E-state index contributed by atoms with van der Waals surface area (Å²) >= 11 is 0. The number of anilines is 1. The number of benzene rings is 2. The van der Waals surface area contributed by atoms with E-state index in [0.29, 0.717) is 11.3 Å². The topological polar surface area (TPSA) is 108 Å². The lowest BCUT2D eigenvalue weighted by Gasteiger charge is -2.34. The molecule has 1 aliphatic rings. The van der Waals surface area contributed by atoms with Gasteiger partial charge in [0.25, 0.3) is 5.91 Å². The van der Waals surface area contributed by atoms with E-state index in [9.17, 15) is 19.5 Å². The van der Waals surface area contributed by atoms with Crippen LogP contribution in [-0.4, -0.2) is 45.6 Å². The third-order valence-electron chi connectivity index (χ3n) is 5.74. The van der Waals surface area contributed by atoms with E-state index in [-0.39, 0.29) is 11.8 Å². The first-order valence-electron chi connectivity index (χ1n) is 11.8. The maximum atomic E-state index is 13.7. The Morgan fingerprint density at radius 3 is 2.20 bits per heavy atom. The van der Waals surface area contributed by atoms with Crippen molar-refractivity contribution in [2.75, 3.05) is 5.32 Å². The molecule has 2 aromatic carbocycles. The Kier molecular flexibility index (Phi) is 7.73. The number of nitrogens with zero attached hydrogens (tertiary/aromatic N) is 1. The van der Waals surface area contributed by atoms with Gasteiger partial charge in [-0.1, -0.05) is 30.3 Å². The average Bonchev–Trinajstić information content (AvgIpc) is 3.57. The predicted octanol–water partition coefficient (Wildman–Crippen LogP) is 4.59. The predicted molar refractivity (Wildman–Crippen MR) is 134 cm³/mol. The highest BCUT2D eigenvalue weighted by atomic mass is 16.6. The monoisotopic (exact) mass is 481 g/mol. The van der Waals surface area contributed by atoms with E-state index in [1.807, 2.05) is 32.0 Å². The SMILES string of the molecule is Cc1cccc(C)c1NC(=O)C(c1cccc(O)c1)N(C(=O)C(C)NC(=O)OC(C)(C)C)C1CC1. The lowest BCUT2D eigenvalue weighted by atomic mass is 10.0. The minimum Gasteiger partial charge on any atom is -0.508 e. The number of rotatable bonds is 7. The summed E-state index contributed by atoms with van der Waals surface area (Å²) in [5.41, 5.74) is 2.26. The van der Waals surface area contributed by atoms with Gasteiger partial charge in [0.1, 0.15) is 23.4 Å². The number of aryl methyl sites for hydroxylation is 2. The molecule has 1 aliphatic carbocycles. The van der Waals surface area contributed by atoms with Crippen molar-refractivity contribution in [3.05, 3.63) is 59.2 Å². The summed E-state index contributed by atoms with van der Waals surface area (Å²) in [4.78, 5) is 41.2. The van der Waals surface area contributed by atoms with Gasteiger partial charge in [-0.2, -0.15) is 0 Å². The van der Waals surface area contributed by atoms with Crippen LogP contribution in [0.1, 0.15) is 63.3 Å². The fourth-order valence-electron chi connectivity index (χ4n) is 3.98. The summed E-state index contributed by atoms with van der Waals surface area (Å²) < 4.78 is 5.29. The number of ether oxygens (including phenoxy) is 1. The molecule has 2 unspecified atom stereocenters. The second kappa shape index (κ2) is 10.4. The number of hydrogen-bond donors (Lipinski definition) is 3. The van der Waals surface area contributed by atoms with Gasteiger partial charge in [-0.15, -0.1) is 0 Å². The highest BCUT2D eigenvalue weighted by Crippen LogP contribution is 2.37. The maximum Gasteiger partial charge on any atom is 0.408 e. The molecule has 0 saturated heterocycles. The molecule has 3 N–H and O–H groups in total. The molecular weight excluding hydrogens is 446 g/mol. The molecule has 8 nitrogen and oxygen atoms in total. The molecule has 188 valence electrons. The molecule has 0 aliphatic heterocycles. The summed E-state index contributed by atoms with van der Waals surface area (Å²) in [5.74, 6) is -0.795. The van der Waals surface area contributed by atoms with Gasteiger partial charge in [0.15, 0.2) is 0 Å². The molecule has 35 heavy (non-hydrogen) atoms. The van der Waals surface area contributed by atoms with Crippen molar-refractivity contribution in [2.24, 2.45) is 0 Å². The number of hydrogen-bond acceptors (Lipinski definition) is 5. The molecule has 0 heterocycles. The molecule has 0 radical (unpaired) electrons. The van der Waals surface area contributed by atoms with Crippen molar-refractivity contribution < 1.29 is 24.2 Å². The third kappa shape index (κ3) is 6.74. The molecular formula is C27H35N3O5. The van der Waals surface area contributed by atoms with Crippen molar-refractivity contribution in [3.63, 3.8) is 0 Å². The summed E-state index contributed by atoms with van der Waals surface area (Å²) in [6.07, 6.45) is 0.788. The van der Waals surface area contributed by atoms with E-state index in [4.69, 9.17) is 4.74 Å². The van der Waals surface area contributed by atoms with Gasteiger partial charge in [-0.3, -0.25) is 9.59 Å². The highest BCUT2D eigenvalue weighted by Gasteiger charge is 2.43. The second-order valence-corrected chi connectivity index (χ2v) is 10.1. The molecule has 0 aromatic heterocycles. The van der Waals surface area contributed by atoms with E-state index in [1.54, 1.807) is 39.8 Å². The van der Waals surface area contributed by atoms with Crippen LogP contribution in [0.5, 0.6) is 5.75 Å². The van der Waals surface area contributed by atoms with Gasteiger partial charge in [-0.25, -0.2) is 4.79 Å². The van der Waals surface area contributed by atoms with Crippen LogP contribution in [0.2, 0.25) is 0 Å². The van der Waals surface area contributed by atoms with E-state index < -0.39 is 35.6 Å². The Balaban J connectivity index is 1.94. The number of phenols is 1. The van der Waals surface area contributed by atoms with Crippen molar-refractivity contribution in [2.45, 2.75) is 78.1 Å². The fraction of sp³-hybridized carbons (Fsp3) is 0.444. The largest absolute Gasteiger partial charge is 0.508 e. The standard InChI is InChI=1S/C27H35N3O5/c1-16-9-7-10-17(2)22(16)29-24(32)23(19-11-8-12-21(31)15-19)30(20-13-14-20)25(33)18(3)28-26(34)35-27(4,5)6/h7-12,15,18,20,23,31H,13-14H2,1-6H3,(H,28,34)(H,29,32). The van der Waals surface area contributed by atoms with Gasteiger partial charge < -0.3 is 25.4 Å². The zero-order valence-electron chi connectivity index (χ0n) is 21.2. The molecule has 3 rings (SSSR count). The summed E-state index contributed by atoms with van der Waals surface area (Å²) in [5, 5.41) is 15.7. The first-order valence-corrected chi connectivity index (χ1v) is 11.8. The molecule has 1 fully saturated rings. The van der Waals surface area contributed by atoms with Crippen LogP contribution in [0, 0.1) is 13.8 Å². The van der Waals surface area contributed by atoms with Gasteiger partial charge >= 0.3 is 6.09 Å². The van der Waals surface area contributed by atoms with Crippen molar-refractivity contribution >= 4 is 23.6 Å². The lowest BCUT2D eigenvalue weighted by molar-refractivity contribution is -0.141. The number of phenolic OH excluding ortho intramolecular Hbond substituents is 1. The number of carbonyl (C=O) groups is 3. The average molecular weight is 482 g/mol. The van der Waals surface area contributed by atoms with Crippen molar-refractivity contribution in [1.29, 1.82) is 0 Å². The molecule has 2 aromatic rings. The van der Waals surface area contributed by atoms with E-state index in [0.717, 1.165) is 24.0 Å². The zero-order chi connectivity index (χ0) is 25.9. The van der Waals surface area contributed by atoms with Gasteiger partial charge in [0.05, 0.1) is 0 Å². The second-order valence-electron chi connectivity index (χ2n) is 10.1. The normalized spacial score (nSPS) is 15.0. The molecule has 2 atom stereocenters. The zero-order valence-corrected chi connectivity index (χ0v) is 21.2. The maximum absolute atomic E-state index is 13.7. The Morgan fingerprint density at radius 2 is 1.66 bits per heavy atom. The van der Waals surface area contributed by atoms with Crippen molar-refractivity contribution in [3.8, 4) is 5.75 Å². The third-order valence-corrected chi connectivity index (χ3v) is 5.74. The summed E-state index contributed by atoms with van der Waals surface area (Å²) in [7, 11) is 0.